The standard InChI is InChI=1S/C14H26O2/c1-11-3-5-12(6-4-11)14(15)9-7-13(16-2)8-10-14/h11-13,15H,3-10H2,1-2H3. The summed E-state index contributed by atoms with van der Waals surface area (Å²) in [5.41, 5.74) is -0.366. The van der Waals surface area contributed by atoms with E-state index in [0.29, 0.717) is 12.0 Å². The van der Waals surface area contributed by atoms with E-state index in [4.69, 9.17) is 4.74 Å². The summed E-state index contributed by atoms with van der Waals surface area (Å²) < 4.78 is 5.38. The molecular weight excluding hydrogens is 200 g/mol. The molecule has 0 aromatic heterocycles. The van der Waals surface area contributed by atoms with Crippen molar-refractivity contribution in [3.05, 3.63) is 0 Å². The first-order valence-corrected chi connectivity index (χ1v) is 6.89. The van der Waals surface area contributed by atoms with Gasteiger partial charge in [0, 0.05) is 7.11 Å². The summed E-state index contributed by atoms with van der Waals surface area (Å²) in [6.45, 7) is 2.34. The molecule has 0 aromatic rings. The molecular formula is C14H26O2. The summed E-state index contributed by atoms with van der Waals surface area (Å²) in [7, 11) is 1.79. The maximum atomic E-state index is 10.7. The third kappa shape index (κ3) is 2.60. The Kier molecular flexibility index (Phi) is 3.91. The molecule has 0 bridgehead atoms. The molecule has 0 heterocycles. The lowest BCUT2D eigenvalue weighted by molar-refractivity contribution is -0.0916. The second kappa shape index (κ2) is 5.05. The highest BCUT2D eigenvalue weighted by molar-refractivity contribution is 4.93. The van der Waals surface area contributed by atoms with Gasteiger partial charge in [-0.15, -0.1) is 0 Å². The fourth-order valence-electron chi connectivity index (χ4n) is 3.53. The number of ether oxygens (including phenoxy) is 1. The monoisotopic (exact) mass is 226 g/mol. The predicted molar refractivity (Wildman–Crippen MR) is 65.3 cm³/mol. The normalized spacial score (nSPS) is 45.6. The van der Waals surface area contributed by atoms with Gasteiger partial charge in [0.05, 0.1) is 11.7 Å². The molecule has 0 aromatic carbocycles. The number of hydrogen-bond acceptors (Lipinski definition) is 2. The SMILES string of the molecule is COC1CCC(O)(C2CCC(C)CC2)CC1. The molecule has 2 rings (SSSR count). The topological polar surface area (TPSA) is 29.5 Å². The Labute approximate surface area is 99.4 Å². The van der Waals surface area contributed by atoms with Crippen LogP contribution in [-0.4, -0.2) is 23.9 Å². The number of rotatable bonds is 2. The fraction of sp³-hybridized carbons (Fsp3) is 1.00. The van der Waals surface area contributed by atoms with Crippen LogP contribution >= 0.6 is 0 Å². The minimum absolute atomic E-state index is 0.366. The predicted octanol–water partition coefficient (Wildman–Crippen LogP) is 3.13. The summed E-state index contributed by atoms with van der Waals surface area (Å²) in [6, 6.07) is 0. The molecule has 0 radical (unpaired) electrons. The van der Waals surface area contributed by atoms with E-state index in [0.717, 1.165) is 31.6 Å². The highest BCUT2D eigenvalue weighted by atomic mass is 16.5. The van der Waals surface area contributed by atoms with Crippen molar-refractivity contribution in [1.82, 2.24) is 0 Å². The van der Waals surface area contributed by atoms with Crippen molar-refractivity contribution < 1.29 is 9.84 Å². The second-order valence-corrected chi connectivity index (χ2v) is 6.00. The maximum absolute atomic E-state index is 10.7. The van der Waals surface area contributed by atoms with Gasteiger partial charge < -0.3 is 9.84 Å². The molecule has 94 valence electrons. The average Bonchev–Trinajstić information content (AvgIpc) is 2.31. The van der Waals surface area contributed by atoms with Crippen LogP contribution in [-0.2, 0) is 4.74 Å². The van der Waals surface area contributed by atoms with E-state index in [1.165, 1.54) is 25.7 Å². The van der Waals surface area contributed by atoms with Crippen LogP contribution in [0.2, 0.25) is 0 Å². The van der Waals surface area contributed by atoms with Crippen LogP contribution in [0.3, 0.4) is 0 Å². The van der Waals surface area contributed by atoms with Gasteiger partial charge in [-0.05, 0) is 50.4 Å². The van der Waals surface area contributed by atoms with E-state index < -0.39 is 0 Å². The highest BCUT2D eigenvalue weighted by Crippen LogP contribution is 2.43. The first-order valence-electron chi connectivity index (χ1n) is 6.89. The molecule has 2 saturated carbocycles. The molecule has 0 amide bonds. The fourth-order valence-corrected chi connectivity index (χ4v) is 3.53. The van der Waals surface area contributed by atoms with Gasteiger partial charge in [0.2, 0.25) is 0 Å². The molecule has 0 unspecified atom stereocenters. The largest absolute Gasteiger partial charge is 0.390 e. The van der Waals surface area contributed by atoms with Gasteiger partial charge in [0.25, 0.3) is 0 Å². The highest BCUT2D eigenvalue weighted by Gasteiger charge is 2.41. The second-order valence-electron chi connectivity index (χ2n) is 6.00. The van der Waals surface area contributed by atoms with Crippen LogP contribution in [0.1, 0.15) is 58.3 Å². The van der Waals surface area contributed by atoms with E-state index in [9.17, 15) is 5.11 Å². The number of hydrogen-bond donors (Lipinski definition) is 1. The Morgan fingerprint density at radius 3 is 2.06 bits per heavy atom. The lowest BCUT2D eigenvalue weighted by Crippen LogP contribution is -2.44. The third-order valence-corrected chi connectivity index (χ3v) is 4.91. The van der Waals surface area contributed by atoms with Crippen LogP contribution < -0.4 is 0 Å². The minimum Gasteiger partial charge on any atom is -0.390 e. The Morgan fingerprint density at radius 1 is 1.00 bits per heavy atom. The van der Waals surface area contributed by atoms with E-state index in [2.05, 4.69) is 6.92 Å². The van der Waals surface area contributed by atoms with E-state index in [1.54, 1.807) is 7.11 Å². The summed E-state index contributed by atoms with van der Waals surface area (Å²) >= 11 is 0. The maximum Gasteiger partial charge on any atom is 0.0677 e. The van der Waals surface area contributed by atoms with Gasteiger partial charge in [0.15, 0.2) is 0 Å². The zero-order valence-corrected chi connectivity index (χ0v) is 10.7. The number of aliphatic hydroxyl groups is 1. The molecule has 1 N–H and O–H groups in total. The molecule has 2 heteroatoms. The molecule has 2 nitrogen and oxygen atoms in total. The molecule has 16 heavy (non-hydrogen) atoms. The molecule has 0 spiro atoms. The lowest BCUT2D eigenvalue weighted by Gasteiger charge is -2.43. The zero-order valence-electron chi connectivity index (χ0n) is 10.7. The smallest absolute Gasteiger partial charge is 0.0677 e. The Morgan fingerprint density at radius 2 is 1.56 bits per heavy atom. The third-order valence-electron chi connectivity index (χ3n) is 4.91. The first kappa shape index (κ1) is 12.4. The summed E-state index contributed by atoms with van der Waals surface area (Å²) in [4.78, 5) is 0. The summed E-state index contributed by atoms with van der Waals surface area (Å²) in [6.07, 6.45) is 9.45. The molecule has 2 aliphatic carbocycles. The average molecular weight is 226 g/mol. The van der Waals surface area contributed by atoms with Gasteiger partial charge in [-0.3, -0.25) is 0 Å². The van der Waals surface area contributed by atoms with Crippen molar-refractivity contribution >= 4 is 0 Å². The molecule has 0 saturated heterocycles. The molecule has 0 aliphatic heterocycles. The summed E-state index contributed by atoms with van der Waals surface area (Å²) in [5.74, 6) is 1.43. The minimum atomic E-state index is -0.366. The first-order chi connectivity index (χ1) is 7.64. The van der Waals surface area contributed by atoms with Gasteiger partial charge >= 0.3 is 0 Å². The van der Waals surface area contributed by atoms with Crippen LogP contribution in [0, 0.1) is 11.8 Å². The van der Waals surface area contributed by atoms with Crippen molar-refractivity contribution in [1.29, 1.82) is 0 Å². The Balaban J connectivity index is 1.88. The van der Waals surface area contributed by atoms with Gasteiger partial charge in [-0.25, -0.2) is 0 Å². The van der Waals surface area contributed by atoms with Crippen LogP contribution in [0.4, 0.5) is 0 Å². The Hall–Kier alpha value is -0.0800. The summed E-state index contributed by atoms with van der Waals surface area (Å²) in [5, 5.41) is 10.7. The van der Waals surface area contributed by atoms with Gasteiger partial charge in [-0.2, -0.15) is 0 Å². The molecule has 0 atom stereocenters. The number of methoxy groups -OCH3 is 1. The van der Waals surface area contributed by atoms with E-state index in [-0.39, 0.29) is 5.60 Å². The van der Waals surface area contributed by atoms with Crippen molar-refractivity contribution in [2.45, 2.75) is 70.0 Å². The van der Waals surface area contributed by atoms with Gasteiger partial charge in [-0.1, -0.05) is 19.8 Å². The van der Waals surface area contributed by atoms with Gasteiger partial charge in [0.1, 0.15) is 0 Å². The van der Waals surface area contributed by atoms with Crippen LogP contribution in [0.25, 0.3) is 0 Å². The van der Waals surface area contributed by atoms with Crippen LogP contribution in [0.15, 0.2) is 0 Å². The van der Waals surface area contributed by atoms with Crippen molar-refractivity contribution in [3.63, 3.8) is 0 Å². The molecule has 2 fully saturated rings. The quantitative estimate of drug-likeness (QED) is 0.784. The van der Waals surface area contributed by atoms with E-state index >= 15 is 0 Å². The van der Waals surface area contributed by atoms with Crippen molar-refractivity contribution in [2.75, 3.05) is 7.11 Å². The van der Waals surface area contributed by atoms with E-state index in [1.807, 2.05) is 0 Å². The van der Waals surface area contributed by atoms with Crippen molar-refractivity contribution in [2.24, 2.45) is 11.8 Å². The Bertz CT molecular complexity index is 211. The molecule has 2 aliphatic rings. The lowest BCUT2D eigenvalue weighted by atomic mass is 9.68. The zero-order chi connectivity index (χ0) is 11.6. The van der Waals surface area contributed by atoms with Crippen molar-refractivity contribution in [3.8, 4) is 0 Å². The van der Waals surface area contributed by atoms with Crippen LogP contribution in [0.5, 0.6) is 0 Å².